The quantitative estimate of drug-likeness (QED) is 0.163. The fourth-order valence-corrected chi connectivity index (χ4v) is 7.05. The minimum atomic E-state index is -0.0957. The summed E-state index contributed by atoms with van der Waals surface area (Å²) < 4.78 is 8.98. The summed E-state index contributed by atoms with van der Waals surface area (Å²) in [4.78, 5) is 10.1. The maximum absolute atomic E-state index is 6.60. The number of hydrogen-bond acceptors (Lipinski definition) is 4. The van der Waals surface area contributed by atoms with Gasteiger partial charge in [-0.15, -0.1) is 76.9 Å². The van der Waals surface area contributed by atoms with Crippen molar-refractivity contribution in [3.63, 3.8) is 0 Å². The molecule has 7 aromatic rings. The van der Waals surface area contributed by atoms with Crippen LogP contribution in [0.3, 0.4) is 0 Å². The predicted octanol–water partition coefficient (Wildman–Crippen LogP) is 11.6. The van der Waals surface area contributed by atoms with Gasteiger partial charge in [0.1, 0.15) is 0 Å². The zero-order valence-electron chi connectivity index (χ0n) is 27.0. The molecule has 0 unspecified atom stereocenters. The number of nitrogens with zero attached hydrogens (tertiary/aromatic N) is 2. The second-order valence-corrected chi connectivity index (χ2v) is 15.1. The molecule has 0 aliphatic heterocycles. The molecule has 0 saturated heterocycles. The second kappa shape index (κ2) is 12.4. The molecule has 0 radical (unpaired) electrons. The summed E-state index contributed by atoms with van der Waals surface area (Å²) in [6.45, 7) is 13.5. The van der Waals surface area contributed by atoms with Crippen LogP contribution < -0.4 is 4.74 Å². The first-order valence-electron chi connectivity index (χ1n) is 15.5. The minimum absolute atomic E-state index is 0. The van der Waals surface area contributed by atoms with Gasteiger partial charge in [0.05, 0.1) is 0 Å². The van der Waals surface area contributed by atoms with E-state index in [1.807, 2.05) is 30.3 Å². The van der Waals surface area contributed by atoms with Crippen molar-refractivity contribution in [2.45, 2.75) is 53.4 Å². The fourth-order valence-electron chi connectivity index (χ4n) is 5.80. The van der Waals surface area contributed by atoms with Gasteiger partial charge in [-0.05, 0) is 45.5 Å². The Labute approximate surface area is 290 Å². The van der Waals surface area contributed by atoms with E-state index in [-0.39, 0.29) is 31.9 Å². The summed E-state index contributed by atoms with van der Waals surface area (Å²) in [6.07, 6.45) is 1.02. The first-order valence-corrected chi connectivity index (χ1v) is 16.3. The van der Waals surface area contributed by atoms with Crippen LogP contribution in [0.15, 0.2) is 97.1 Å². The van der Waals surface area contributed by atoms with E-state index in [9.17, 15) is 0 Å². The average Bonchev–Trinajstić information content (AvgIpc) is 3.37. The largest absolute Gasteiger partial charge is 2.00 e. The van der Waals surface area contributed by atoms with Crippen molar-refractivity contribution in [2.75, 3.05) is 0 Å². The van der Waals surface area contributed by atoms with Crippen LogP contribution >= 0.6 is 11.3 Å². The van der Waals surface area contributed by atoms with Crippen LogP contribution in [0.1, 0.15) is 52.7 Å². The van der Waals surface area contributed by atoms with Crippen molar-refractivity contribution in [3.8, 4) is 34.3 Å². The van der Waals surface area contributed by atoms with Gasteiger partial charge in [0.15, 0.2) is 0 Å². The molecule has 0 saturated carbocycles. The van der Waals surface area contributed by atoms with Gasteiger partial charge in [-0.25, -0.2) is 0 Å². The number of ether oxygens (including phenoxy) is 1. The smallest absolute Gasteiger partial charge is 0.422 e. The van der Waals surface area contributed by atoms with Gasteiger partial charge in [0.2, 0.25) is 11.8 Å². The molecule has 0 fully saturated rings. The van der Waals surface area contributed by atoms with E-state index in [1.165, 1.54) is 15.6 Å². The van der Waals surface area contributed by atoms with Gasteiger partial charge in [0, 0.05) is 32.6 Å². The summed E-state index contributed by atoms with van der Waals surface area (Å²) >= 11 is 1.79. The zero-order valence-corrected chi connectivity index (χ0v) is 30.1. The number of rotatable bonds is 5. The SMILES string of the molecule is CC(C)(C)Cc1ccc2c(c1)sc1c(-c3[c-]c4ccccc4cc3)nc(Oc3cc(C(C)(C)C)cc(-c4[c-]cccc4)n3)cc12.[Pt+2]. The maximum atomic E-state index is 6.60. The zero-order chi connectivity index (χ0) is 31.3. The van der Waals surface area contributed by atoms with E-state index >= 15 is 0 Å². The Bertz CT molecular complexity index is 2190. The molecule has 0 bridgehead atoms. The molecule has 232 valence electrons. The molecule has 3 heterocycles. The van der Waals surface area contributed by atoms with E-state index in [4.69, 9.17) is 14.7 Å². The minimum Gasteiger partial charge on any atom is -0.422 e. The van der Waals surface area contributed by atoms with Crippen molar-refractivity contribution in [3.05, 3.63) is 120 Å². The van der Waals surface area contributed by atoms with Crippen LogP contribution in [0.5, 0.6) is 11.8 Å². The van der Waals surface area contributed by atoms with Crippen LogP contribution in [-0.4, -0.2) is 9.97 Å². The van der Waals surface area contributed by atoms with E-state index in [0.717, 1.165) is 55.4 Å². The summed E-state index contributed by atoms with van der Waals surface area (Å²) in [5.41, 5.74) is 6.17. The van der Waals surface area contributed by atoms with Gasteiger partial charge >= 0.3 is 21.1 Å². The van der Waals surface area contributed by atoms with Gasteiger partial charge in [0.25, 0.3) is 0 Å². The molecule has 3 aromatic heterocycles. The van der Waals surface area contributed by atoms with Gasteiger partial charge in [-0.3, -0.25) is 9.97 Å². The third-order valence-corrected chi connectivity index (χ3v) is 9.18. The molecular formula is C41H36N2OPtS. The van der Waals surface area contributed by atoms with Crippen molar-refractivity contribution in [1.29, 1.82) is 0 Å². The Morgan fingerprint density at radius 1 is 0.739 bits per heavy atom. The van der Waals surface area contributed by atoms with Crippen LogP contribution in [-0.2, 0) is 32.9 Å². The Morgan fingerprint density at radius 2 is 1.52 bits per heavy atom. The molecule has 4 aromatic carbocycles. The molecule has 0 aliphatic rings. The third kappa shape index (κ3) is 6.66. The Morgan fingerprint density at radius 3 is 2.28 bits per heavy atom. The monoisotopic (exact) mass is 799 g/mol. The Balaban J connectivity index is 0.00000372. The van der Waals surface area contributed by atoms with Crippen molar-refractivity contribution in [2.24, 2.45) is 5.41 Å². The molecular weight excluding hydrogens is 764 g/mol. The van der Waals surface area contributed by atoms with Crippen molar-refractivity contribution in [1.82, 2.24) is 9.97 Å². The number of hydrogen-bond donors (Lipinski definition) is 0. The molecule has 7 rings (SSSR count). The van der Waals surface area contributed by atoms with E-state index in [1.54, 1.807) is 11.3 Å². The van der Waals surface area contributed by atoms with Gasteiger partial charge < -0.3 is 4.74 Å². The summed E-state index contributed by atoms with van der Waals surface area (Å²) in [7, 11) is 0. The standard InChI is InChI=1S/C41H36N2OS.Pt/c1-40(2,3)25-26-16-19-32-33-24-37(44-36-23-31(41(4,5)6)22-34(42-36)28-13-8-7-9-14-28)43-38(39(33)45-35(32)20-26)30-18-17-27-12-10-11-15-29(27)21-30;/h7-13,15-20,22-24H,25H2,1-6H3;/q-2;+2. The molecule has 0 amide bonds. The van der Waals surface area contributed by atoms with Crippen molar-refractivity contribution < 1.29 is 25.8 Å². The van der Waals surface area contributed by atoms with Crippen LogP contribution in [0, 0.1) is 17.5 Å². The van der Waals surface area contributed by atoms with Gasteiger partial charge in [-0.2, -0.15) is 0 Å². The topological polar surface area (TPSA) is 35.0 Å². The van der Waals surface area contributed by atoms with Crippen LogP contribution in [0.2, 0.25) is 0 Å². The predicted molar refractivity (Wildman–Crippen MR) is 189 cm³/mol. The summed E-state index contributed by atoms with van der Waals surface area (Å²) in [6, 6.07) is 40.6. The number of pyridine rings is 2. The molecule has 3 nitrogen and oxygen atoms in total. The molecule has 0 N–H and O–H groups in total. The van der Waals surface area contributed by atoms with E-state index in [0.29, 0.717) is 11.8 Å². The maximum Gasteiger partial charge on any atom is 2.00 e. The van der Waals surface area contributed by atoms with Crippen LogP contribution in [0.25, 0.3) is 53.5 Å². The first-order chi connectivity index (χ1) is 21.5. The Kier molecular flexibility index (Phi) is 8.65. The molecule has 5 heteroatoms. The normalized spacial score (nSPS) is 12.0. The van der Waals surface area contributed by atoms with Crippen LogP contribution in [0.4, 0.5) is 0 Å². The Hall–Kier alpha value is -3.85. The van der Waals surface area contributed by atoms with E-state index < -0.39 is 0 Å². The third-order valence-electron chi connectivity index (χ3n) is 8.01. The number of aromatic nitrogens is 2. The molecule has 0 atom stereocenters. The van der Waals surface area contributed by atoms with Crippen molar-refractivity contribution >= 4 is 42.3 Å². The number of thiophene rings is 1. The number of benzene rings is 4. The molecule has 0 aliphatic carbocycles. The average molecular weight is 800 g/mol. The fraction of sp³-hybridized carbons (Fsp3) is 0.220. The van der Waals surface area contributed by atoms with Gasteiger partial charge in [-0.1, -0.05) is 88.9 Å². The second-order valence-electron chi connectivity index (χ2n) is 14.0. The van der Waals surface area contributed by atoms with E-state index in [2.05, 4.69) is 120 Å². The summed E-state index contributed by atoms with van der Waals surface area (Å²) in [5, 5.41) is 4.55. The first kappa shape index (κ1) is 32.1. The number of fused-ring (bicyclic) bond motifs is 4. The molecule has 46 heavy (non-hydrogen) atoms. The summed E-state index contributed by atoms with van der Waals surface area (Å²) in [5.74, 6) is 1.03. The molecule has 0 spiro atoms.